The third kappa shape index (κ3) is 3.67. The Labute approximate surface area is 124 Å². The van der Waals surface area contributed by atoms with Crippen molar-refractivity contribution in [1.82, 2.24) is 15.1 Å². The van der Waals surface area contributed by atoms with Crippen LogP contribution in [0.15, 0.2) is 24.4 Å². The van der Waals surface area contributed by atoms with Crippen molar-refractivity contribution >= 4 is 0 Å². The molecule has 0 saturated heterocycles. The lowest BCUT2D eigenvalue weighted by atomic mass is 10.0. The van der Waals surface area contributed by atoms with Gasteiger partial charge in [0.15, 0.2) is 11.6 Å². The molecule has 0 amide bonds. The van der Waals surface area contributed by atoms with E-state index in [4.69, 9.17) is 0 Å². The Morgan fingerprint density at radius 1 is 1.19 bits per heavy atom. The maximum Gasteiger partial charge on any atom is 0.159 e. The van der Waals surface area contributed by atoms with Crippen molar-refractivity contribution in [3.05, 3.63) is 52.9 Å². The SMILES string of the molecule is CC(C)c1nn(C)cc1CNC(C)c1ccc(F)c(F)c1. The molecule has 5 heteroatoms. The fourth-order valence-corrected chi connectivity index (χ4v) is 2.34. The van der Waals surface area contributed by atoms with Crippen LogP contribution in [0, 0.1) is 11.6 Å². The van der Waals surface area contributed by atoms with Crippen LogP contribution in [-0.2, 0) is 13.6 Å². The van der Waals surface area contributed by atoms with Gasteiger partial charge in [0.25, 0.3) is 0 Å². The van der Waals surface area contributed by atoms with E-state index in [9.17, 15) is 8.78 Å². The minimum Gasteiger partial charge on any atom is -0.306 e. The summed E-state index contributed by atoms with van der Waals surface area (Å²) in [6.45, 7) is 6.77. The Hall–Kier alpha value is -1.75. The summed E-state index contributed by atoms with van der Waals surface area (Å²) in [6.07, 6.45) is 1.99. The minimum atomic E-state index is -0.819. The molecule has 3 nitrogen and oxygen atoms in total. The van der Waals surface area contributed by atoms with Gasteiger partial charge in [0.2, 0.25) is 0 Å². The van der Waals surface area contributed by atoms with Crippen LogP contribution in [0.25, 0.3) is 0 Å². The van der Waals surface area contributed by atoms with Crippen LogP contribution in [0.5, 0.6) is 0 Å². The zero-order valence-electron chi connectivity index (χ0n) is 12.8. The topological polar surface area (TPSA) is 29.9 Å². The quantitative estimate of drug-likeness (QED) is 0.911. The maximum absolute atomic E-state index is 13.3. The number of rotatable bonds is 5. The molecule has 114 valence electrons. The second kappa shape index (κ2) is 6.35. The van der Waals surface area contributed by atoms with E-state index in [1.54, 1.807) is 10.7 Å². The van der Waals surface area contributed by atoms with E-state index in [-0.39, 0.29) is 6.04 Å². The Morgan fingerprint density at radius 2 is 1.90 bits per heavy atom. The molecule has 1 unspecified atom stereocenters. The summed E-state index contributed by atoms with van der Waals surface area (Å²) in [5.41, 5.74) is 2.91. The zero-order valence-corrected chi connectivity index (χ0v) is 12.8. The third-order valence-corrected chi connectivity index (χ3v) is 3.53. The van der Waals surface area contributed by atoms with Gasteiger partial charge in [-0.3, -0.25) is 4.68 Å². The van der Waals surface area contributed by atoms with Crippen molar-refractivity contribution in [3.63, 3.8) is 0 Å². The highest BCUT2D eigenvalue weighted by atomic mass is 19.2. The second-order valence-electron chi connectivity index (χ2n) is 5.64. The summed E-state index contributed by atoms with van der Waals surface area (Å²) in [5.74, 6) is -1.28. The predicted octanol–water partition coefficient (Wildman–Crippen LogP) is 3.67. The average Bonchev–Trinajstić information content (AvgIpc) is 2.80. The van der Waals surface area contributed by atoms with Gasteiger partial charge in [-0.1, -0.05) is 19.9 Å². The lowest BCUT2D eigenvalue weighted by Gasteiger charge is -2.15. The molecule has 1 atom stereocenters. The lowest BCUT2D eigenvalue weighted by Crippen LogP contribution is -2.19. The van der Waals surface area contributed by atoms with Crippen molar-refractivity contribution in [2.45, 2.75) is 39.3 Å². The van der Waals surface area contributed by atoms with E-state index < -0.39 is 11.6 Å². The van der Waals surface area contributed by atoms with Crippen molar-refractivity contribution < 1.29 is 8.78 Å². The van der Waals surface area contributed by atoms with Crippen LogP contribution in [0.2, 0.25) is 0 Å². The smallest absolute Gasteiger partial charge is 0.159 e. The summed E-state index contributed by atoms with van der Waals surface area (Å²) in [5, 5.41) is 7.78. The Kier molecular flexibility index (Phi) is 4.73. The first kappa shape index (κ1) is 15.6. The van der Waals surface area contributed by atoms with E-state index in [1.165, 1.54) is 6.07 Å². The van der Waals surface area contributed by atoms with Gasteiger partial charge in [0.05, 0.1) is 5.69 Å². The van der Waals surface area contributed by atoms with E-state index in [1.807, 2.05) is 20.2 Å². The lowest BCUT2D eigenvalue weighted by molar-refractivity contribution is 0.500. The number of hydrogen-bond acceptors (Lipinski definition) is 2. The first-order valence-electron chi connectivity index (χ1n) is 7.09. The molecule has 0 spiro atoms. The van der Waals surface area contributed by atoms with Gasteiger partial charge in [0, 0.05) is 31.4 Å². The van der Waals surface area contributed by atoms with E-state index >= 15 is 0 Å². The van der Waals surface area contributed by atoms with Gasteiger partial charge in [-0.05, 0) is 30.5 Å². The Bertz CT molecular complexity index is 620. The molecule has 0 aliphatic rings. The number of nitrogens with zero attached hydrogens (tertiary/aromatic N) is 2. The van der Waals surface area contributed by atoms with E-state index in [0.29, 0.717) is 12.5 Å². The highest BCUT2D eigenvalue weighted by Crippen LogP contribution is 2.20. The molecule has 0 saturated carbocycles. The van der Waals surface area contributed by atoms with Gasteiger partial charge in [-0.15, -0.1) is 0 Å². The Morgan fingerprint density at radius 3 is 2.52 bits per heavy atom. The molecular weight excluding hydrogens is 272 g/mol. The summed E-state index contributed by atoms with van der Waals surface area (Å²) in [6, 6.07) is 3.93. The summed E-state index contributed by atoms with van der Waals surface area (Å²) in [4.78, 5) is 0. The molecule has 0 aliphatic heterocycles. The molecule has 1 aromatic carbocycles. The molecule has 1 aromatic heterocycles. The minimum absolute atomic E-state index is 0.0691. The van der Waals surface area contributed by atoms with E-state index in [2.05, 4.69) is 24.3 Å². The molecule has 1 heterocycles. The van der Waals surface area contributed by atoms with Crippen molar-refractivity contribution in [3.8, 4) is 0 Å². The standard InChI is InChI=1S/C16H21F2N3/c1-10(2)16-13(9-21(4)20-16)8-19-11(3)12-5-6-14(17)15(18)7-12/h5-7,9-11,19H,8H2,1-4H3. The number of benzene rings is 1. The van der Waals surface area contributed by atoms with Crippen LogP contribution >= 0.6 is 0 Å². The summed E-state index contributed by atoms with van der Waals surface area (Å²) < 4.78 is 28.0. The molecule has 21 heavy (non-hydrogen) atoms. The first-order valence-corrected chi connectivity index (χ1v) is 7.09. The molecule has 2 aromatic rings. The number of halogens is 2. The van der Waals surface area contributed by atoms with Crippen LogP contribution in [0.1, 0.15) is 49.6 Å². The van der Waals surface area contributed by atoms with Gasteiger partial charge in [-0.2, -0.15) is 5.10 Å². The molecule has 1 N–H and O–H groups in total. The first-order chi connectivity index (χ1) is 9.88. The maximum atomic E-state index is 13.3. The molecular formula is C16H21F2N3. The second-order valence-corrected chi connectivity index (χ2v) is 5.64. The van der Waals surface area contributed by atoms with Gasteiger partial charge in [0.1, 0.15) is 0 Å². The van der Waals surface area contributed by atoms with Gasteiger partial charge in [-0.25, -0.2) is 8.78 Å². The van der Waals surface area contributed by atoms with Crippen molar-refractivity contribution in [1.29, 1.82) is 0 Å². The molecule has 0 radical (unpaired) electrons. The fourth-order valence-electron chi connectivity index (χ4n) is 2.34. The van der Waals surface area contributed by atoms with Crippen molar-refractivity contribution in [2.75, 3.05) is 0 Å². The monoisotopic (exact) mass is 293 g/mol. The number of hydrogen-bond donors (Lipinski definition) is 1. The fraction of sp³-hybridized carbons (Fsp3) is 0.438. The Balaban J connectivity index is 2.07. The van der Waals surface area contributed by atoms with Crippen LogP contribution in [0.4, 0.5) is 8.78 Å². The van der Waals surface area contributed by atoms with E-state index in [0.717, 1.165) is 22.9 Å². The number of nitrogens with one attached hydrogen (secondary N) is 1. The highest BCUT2D eigenvalue weighted by molar-refractivity contribution is 5.23. The van der Waals surface area contributed by atoms with Gasteiger partial charge < -0.3 is 5.32 Å². The predicted molar refractivity (Wildman–Crippen MR) is 78.9 cm³/mol. The normalized spacial score (nSPS) is 12.9. The van der Waals surface area contributed by atoms with Crippen molar-refractivity contribution in [2.24, 2.45) is 7.05 Å². The van der Waals surface area contributed by atoms with Crippen LogP contribution in [-0.4, -0.2) is 9.78 Å². The van der Waals surface area contributed by atoms with Crippen LogP contribution in [0.3, 0.4) is 0 Å². The van der Waals surface area contributed by atoms with Crippen LogP contribution < -0.4 is 5.32 Å². The summed E-state index contributed by atoms with van der Waals surface area (Å²) >= 11 is 0. The molecule has 2 rings (SSSR count). The van der Waals surface area contributed by atoms with Gasteiger partial charge >= 0.3 is 0 Å². The third-order valence-electron chi connectivity index (χ3n) is 3.53. The molecule has 0 fully saturated rings. The number of aryl methyl sites for hydroxylation is 1. The largest absolute Gasteiger partial charge is 0.306 e. The molecule has 0 bridgehead atoms. The zero-order chi connectivity index (χ0) is 15.6. The highest BCUT2D eigenvalue weighted by Gasteiger charge is 2.13. The molecule has 0 aliphatic carbocycles. The number of aromatic nitrogens is 2. The summed E-state index contributed by atoms with van der Waals surface area (Å²) in [7, 11) is 1.90. The average molecular weight is 293 g/mol.